The van der Waals surface area contributed by atoms with Crippen LogP contribution in [0.4, 0.5) is 11.4 Å². The molecule has 4 heteroatoms. The minimum Gasteiger partial charge on any atom is -0.487 e. The van der Waals surface area contributed by atoms with Crippen LogP contribution in [0, 0.1) is 12.8 Å². The quantitative estimate of drug-likeness (QED) is 0.383. The lowest BCUT2D eigenvalue weighted by molar-refractivity contribution is 0.0697. The first-order chi connectivity index (χ1) is 16.1. The molecule has 1 aliphatic rings. The molecule has 2 N–H and O–H groups in total. The summed E-state index contributed by atoms with van der Waals surface area (Å²) in [6.07, 6.45) is 3.36. The van der Waals surface area contributed by atoms with Crippen molar-refractivity contribution in [2.24, 2.45) is 5.92 Å². The van der Waals surface area contributed by atoms with Crippen LogP contribution < -0.4 is 10.1 Å². The maximum absolute atomic E-state index is 11.2. The summed E-state index contributed by atoms with van der Waals surface area (Å²) in [6, 6.07) is 19.5. The summed E-state index contributed by atoms with van der Waals surface area (Å²) >= 11 is 0. The van der Waals surface area contributed by atoms with Crippen LogP contribution in [0.25, 0.3) is 5.57 Å². The summed E-state index contributed by atoms with van der Waals surface area (Å²) in [4.78, 5) is 11.2. The van der Waals surface area contributed by atoms with E-state index in [1.54, 1.807) is 24.3 Å². The minimum absolute atomic E-state index is 0.0113. The molecule has 0 bridgehead atoms. The molecular formula is C30H33NO3. The molecule has 0 aliphatic heterocycles. The molecule has 0 atom stereocenters. The second-order valence-electron chi connectivity index (χ2n) is 10.1. The number of carboxylic acid groups (broad SMARTS) is 1. The molecular weight excluding hydrogens is 422 g/mol. The van der Waals surface area contributed by atoms with Gasteiger partial charge in [0.15, 0.2) is 0 Å². The van der Waals surface area contributed by atoms with Crippen LogP contribution in [-0.4, -0.2) is 11.1 Å². The van der Waals surface area contributed by atoms with E-state index in [0.717, 1.165) is 29.1 Å². The highest BCUT2D eigenvalue weighted by Crippen LogP contribution is 2.46. The summed E-state index contributed by atoms with van der Waals surface area (Å²) in [6.45, 7) is 11.6. The third-order valence-electron chi connectivity index (χ3n) is 6.54. The Bertz CT molecular complexity index is 1220. The molecule has 0 saturated heterocycles. The number of carbonyl (C=O) groups is 1. The Morgan fingerprint density at radius 2 is 1.74 bits per heavy atom. The molecule has 3 aromatic rings. The lowest BCUT2D eigenvalue weighted by Gasteiger charge is -2.34. The number of fused-ring (bicyclic) bond motifs is 1. The van der Waals surface area contributed by atoms with Crippen molar-refractivity contribution < 1.29 is 14.6 Å². The molecule has 34 heavy (non-hydrogen) atoms. The van der Waals surface area contributed by atoms with Gasteiger partial charge in [-0.2, -0.15) is 0 Å². The second-order valence-corrected chi connectivity index (χ2v) is 10.1. The SMILES string of the molecule is Cc1ccc(COc2cc3c(cc2Nc2ccc(C(=O)O)cc2)C(C(C)C)=CCC3(C)C)cc1. The zero-order chi connectivity index (χ0) is 24.5. The lowest BCUT2D eigenvalue weighted by Crippen LogP contribution is -2.23. The van der Waals surface area contributed by atoms with Crippen LogP contribution in [0.2, 0.25) is 0 Å². The van der Waals surface area contributed by atoms with E-state index < -0.39 is 5.97 Å². The topological polar surface area (TPSA) is 58.6 Å². The molecule has 0 heterocycles. The van der Waals surface area contributed by atoms with Gasteiger partial charge in [0.25, 0.3) is 0 Å². The lowest BCUT2D eigenvalue weighted by atomic mass is 9.71. The van der Waals surface area contributed by atoms with Crippen molar-refractivity contribution in [2.45, 2.75) is 53.1 Å². The monoisotopic (exact) mass is 455 g/mol. The summed E-state index contributed by atoms with van der Waals surface area (Å²) in [5, 5.41) is 12.7. The maximum Gasteiger partial charge on any atom is 0.335 e. The fraction of sp³-hybridized carbons (Fsp3) is 0.300. The second kappa shape index (κ2) is 9.38. The number of hydrogen-bond donors (Lipinski definition) is 2. The predicted molar refractivity (Wildman–Crippen MR) is 139 cm³/mol. The first-order valence-corrected chi connectivity index (χ1v) is 11.8. The van der Waals surface area contributed by atoms with Crippen LogP contribution in [0.5, 0.6) is 5.75 Å². The number of benzene rings is 3. The largest absolute Gasteiger partial charge is 0.487 e. The van der Waals surface area contributed by atoms with Crippen molar-refractivity contribution in [1.29, 1.82) is 0 Å². The van der Waals surface area contributed by atoms with Crippen LogP contribution in [-0.2, 0) is 12.0 Å². The third kappa shape index (κ3) is 5.01. The van der Waals surface area contributed by atoms with E-state index in [0.29, 0.717) is 12.5 Å². The number of allylic oxidation sites excluding steroid dienone is 2. The Hall–Kier alpha value is -3.53. The van der Waals surface area contributed by atoms with Gasteiger partial charge in [-0.05, 0) is 83.3 Å². The van der Waals surface area contributed by atoms with Crippen molar-refractivity contribution in [3.8, 4) is 5.75 Å². The number of hydrogen-bond acceptors (Lipinski definition) is 3. The van der Waals surface area contributed by atoms with Gasteiger partial charge in [0, 0.05) is 5.69 Å². The van der Waals surface area contributed by atoms with E-state index >= 15 is 0 Å². The van der Waals surface area contributed by atoms with Crippen LogP contribution in [0.15, 0.2) is 66.7 Å². The zero-order valence-electron chi connectivity index (χ0n) is 20.6. The van der Waals surface area contributed by atoms with Crippen molar-refractivity contribution in [3.05, 3.63) is 94.6 Å². The molecule has 4 nitrogen and oxygen atoms in total. The molecule has 1 aliphatic carbocycles. The summed E-state index contributed by atoms with van der Waals surface area (Å²) in [5.74, 6) is 0.271. The Morgan fingerprint density at radius 3 is 2.35 bits per heavy atom. The molecule has 176 valence electrons. The van der Waals surface area contributed by atoms with Crippen molar-refractivity contribution in [1.82, 2.24) is 0 Å². The van der Waals surface area contributed by atoms with Gasteiger partial charge >= 0.3 is 5.97 Å². The molecule has 0 aromatic heterocycles. The van der Waals surface area contributed by atoms with Gasteiger partial charge in [0.05, 0.1) is 11.3 Å². The van der Waals surface area contributed by atoms with E-state index in [4.69, 9.17) is 4.74 Å². The van der Waals surface area contributed by atoms with E-state index in [1.165, 1.54) is 22.3 Å². The molecule has 4 rings (SSSR count). The van der Waals surface area contributed by atoms with Gasteiger partial charge < -0.3 is 15.2 Å². The fourth-order valence-electron chi connectivity index (χ4n) is 4.42. The highest BCUT2D eigenvalue weighted by atomic mass is 16.5. The van der Waals surface area contributed by atoms with Crippen molar-refractivity contribution >= 4 is 22.9 Å². The maximum atomic E-state index is 11.2. The average molecular weight is 456 g/mol. The molecule has 0 spiro atoms. The van der Waals surface area contributed by atoms with E-state index in [2.05, 4.69) is 82.4 Å². The normalized spacial score (nSPS) is 14.4. The first kappa shape index (κ1) is 23.6. The number of aryl methyl sites for hydroxylation is 1. The number of carboxylic acids is 1. The van der Waals surface area contributed by atoms with Gasteiger partial charge in [-0.3, -0.25) is 0 Å². The van der Waals surface area contributed by atoms with Crippen molar-refractivity contribution in [3.63, 3.8) is 0 Å². The van der Waals surface area contributed by atoms with Gasteiger partial charge in [-0.25, -0.2) is 4.79 Å². The van der Waals surface area contributed by atoms with E-state index in [1.807, 2.05) is 0 Å². The number of rotatable bonds is 7. The summed E-state index contributed by atoms with van der Waals surface area (Å²) < 4.78 is 6.38. The standard InChI is InChI=1S/C30H33NO3/c1-19(2)24-14-15-30(4,5)26-17-28(34-18-21-8-6-20(3)7-9-21)27(16-25(24)26)31-23-12-10-22(11-13-23)29(32)33/h6-14,16-17,19,31H,15,18H2,1-5H3,(H,32,33). The predicted octanol–water partition coefficient (Wildman–Crippen LogP) is 7.74. The van der Waals surface area contributed by atoms with Gasteiger partial charge in [-0.15, -0.1) is 0 Å². The molecule has 3 aromatic carbocycles. The molecule has 0 unspecified atom stereocenters. The Kier molecular flexibility index (Phi) is 6.52. The number of ether oxygens (including phenoxy) is 1. The number of nitrogens with one attached hydrogen (secondary N) is 1. The van der Waals surface area contributed by atoms with Crippen LogP contribution in [0.1, 0.15) is 66.7 Å². The van der Waals surface area contributed by atoms with Gasteiger partial charge in [0.1, 0.15) is 12.4 Å². The molecule has 0 saturated carbocycles. The zero-order valence-corrected chi connectivity index (χ0v) is 20.6. The van der Waals surface area contributed by atoms with Crippen molar-refractivity contribution in [2.75, 3.05) is 5.32 Å². The van der Waals surface area contributed by atoms with E-state index in [9.17, 15) is 9.90 Å². The highest BCUT2D eigenvalue weighted by Gasteiger charge is 2.30. The summed E-state index contributed by atoms with van der Waals surface area (Å²) in [7, 11) is 0. The first-order valence-electron chi connectivity index (χ1n) is 11.8. The van der Waals surface area contributed by atoms with Gasteiger partial charge in [0.2, 0.25) is 0 Å². The van der Waals surface area contributed by atoms with Crippen LogP contribution >= 0.6 is 0 Å². The highest BCUT2D eigenvalue weighted by molar-refractivity contribution is 5.88. The fourth-order valence-corrected chi connectivity index (χ4v) is 4.42. The third-order valence-corrected chi connectivity index (χ3v) is 6.54. The molecule has 0 fully saturated rings. The smallest absolute Gasteiger partial charge is 0.335 e. The van der Waals surface area contributed by atoms with Gasteiger partial charge in [-0.1, -0.05) is 63.6 Å². The Labute approximate surface area is 202 Å². The molecule has 0 amide bonds. The number of aromatic carboxylic acids is 1. The Morgan fingerprint density at radius 1 is 1.06 bits per heavy atom. The molecule has 0 radical (unpaired) electrons. The average Bonchev–Trinajstić information content (AvgIpc) is 2.79. The summed E-state index contributed by atoms with van der Waals surface area (Å²) in [5.41, 5.74) is 8.19. The Balaban J connectivity index is 1.74. The number of anilines is 2. The minimum atomic E-state index is -0.934. The van der Waals surface area contributed by atoms with E-state index in [-0.39, 0.29) is 11.0 Å². The van der Waals surface area contributed by atoms with Crippen LogP contribution in [0.3, 0.4) is 0 Å².